The number of aromatic amines is 1. The van der Waals surface area contributed by atoms with E-state index >= 15 is 0 Å². The molecule has 0 unspecified atom stereocenters. The third-order valence-electron chi connectivity index (χ3n) is 4.88. The Kier molecular flexibility index (Phi) is 5.80. The summed E-state index contributed by atoms with van der Waals surface area (Å²) in [5, 5.41) is 5.34. The minimum absolute atomic E-state index is 0.130. The van der Waals surface area contributed by atoms with Gasteiger partial charge < -0.3 is 20.2 Å². The standard InChI is InChI=1S/C23H20FN5O3/c1-14(21-27-18-6-2-3-7-19(18)28-21)25-20(30)13-29-12-4-5-17(23(29)32)22(31)26-16-10-8-15(24)9-11-16/h2-12,14H,13H2,1H3,(H,25,30)(H,26,31)(H,27,28)/t14-/m1/s1. The van der Waals surface area contributed by atoms with Crippen LogP contribution in [0.15, 0.2) is 71.7 Å². The molecule has 4 aromatic rings. The molecule has 2 amide bonds. The Balaban J connectivity index is 1.44. The first-order valence-corrected chi connectivity index (χ1v) is 9.91. The lowest BCUT2D eigenvalue weighted by molar-refractivity contribution is -0.122. The third-order valence-corrected chi connectivity index (χ3v) is 4.88. The van der Waals surface area contributed by atoms with E-state index < -0.39 is 29.2 Å². The molecule has 0 spiro atoms. The maximum absolute atomic E-state index is 13.0. The summed E-state index contributed by atoms with van der Waals surface area (Å²) in [4.78, 5) is 45.3. The van der Waals surface area contributed by atoms with Gasteiger partial charge in [0.15, 0.2) is 0 Å². The highest BCUT2D eigenvalue weighted by Crippen LogP contribution is 2.15. The predicted octanol–water partition coefficient (Wildman–Crippen LogP) is 2.99. The van der Waals surface area contributed by atoms with Crippen molar-refractivity contribution >= 4 is 28.5 Å². The summed E-state index contributed by atoms with van der Waals surface area (Å²) in [5.41, 5.74) is 1.26. The lowest BCUT2D eigenvalue weighted by atomic mass is 10.2. The molecule has 8 nitrogen and oxygen atoms in total. The predicted molar refractivity (Wildman–Crippen MR) is 118 cm³/mol. The molecule has 4 rings (SSSR count). The van der Waals surface area contributed by atoms with Crippen molar-refractivity contribution in [2.24, 2.45) is 0 Å². The van der Waals surface area contributed by atoms with Crippen LogP contribution in [0.25, 0.3) is 11.0 Å². The third kappa shape index (κ3) is 4.56. The van der Waals surface area contributed by atoms with Crippen molar-refractivity contribution in [2.75, 3.05) is 5.32 Å². The molecule has 0 aliphatic rings. The summed E-state index contributed by atoms with van der Waals surface area (Å²) in [7, 11) is 0. The van der Waals surface area contributed by atoms with Crippen LogP contribution in [-0.2, 0) is 11.3 Å². The number of anilines is 1. The molecule has 0 fully saturated rings. The zero-order chi connectivity index (χ0) is 22.7. The molecule has 2 aromatic heterocycles. The van der Waals surface area contributed by atoms with Gasteiger partial charge in [-0.3, -0.25) is 14.4 Å². The van der Waals surface area contributed by atoms with Crippen molar-refractivity contribution in [3.63, 3.8) is 0 Å². The Morgan fingerprint density at radius 1 is 1.09 bits per heavy atom. The number of nitrogens with zero attached hydrogens (tertiary/aromatic N) is 2. The topological polar surface area (TPSA) is 109 Å². The fraction of sp³-hybridized carbons (Fsp3) is 0.130. The largest absolute Gasteiger partial charge is 0.345 e. The van der Waals surface area contributed by atoms with Crippen LogP contribution in [-0.4, -0.2) is 26.3 Å². The van der Waals surface area contributed by atoms with Crippen molar-refractivity contribution in [1.29, 1.82) is 0 Å². The van der Waals surface area contributed by atoms with Crippen LogP contribution >= 0.6 is 0 Å². The number of fused-ring (bicyclic) bond motifs is 1. The van der Waals surface area contributed by atoms with Gasteiger partial charge in [-0.05, 0) is 55.5 Å². The summed E-state index contributed by atoms with van der Waals surface area (Å²) < 4.78 is 14.2. The number of pyridine rings is 1. The van der Waals surface area contributed by atoms with E-state index in [0.29, 0.717) is 11.5 Å². The van der Waals surface area contributed by atoms with Crippen LogP contribution < -0.4 is 16.2 Å². The summed E-state index contributed by atoms with van der Waals surface area (Å²) in [6, 6.07) is 15.2. The second-order valence-electron chi connectivity index (χ2n) is 7.24. The Hall–Kier alpha value is -4.27. The van der Waals surface area contributed by atoms with Gasteiger partial charge in [-0.25, -0.2) is 9.37 Å². The summed E-state index contributed by atoms with van der Waals surface area (Å²) in [6.45, 7) is 1.52. The van der Waals surface area contributed by atoms with Crippen molar-refractivity contribution in [2.45, 2.75) is 19.5 Å². The lowest BCUT2D eigenvalue weighted by Crippen LogP contribution is -2.36. The van der Waals surface area contributed by atoms with Crippen LogP contribution in [0.2, 0.25) is 0 Å². The van der Waals surface area contributed by atoms with Gasteiger partial charge in [0.05, 0.1) is 17.1 Å². The normalized spacial score (nSPS) is 11.8. The summed E-state index contributed by atoms with van der Waals surface area (Å²) in [5.74, 6) is -0.893. The maximum Gasteiger partial charge on any atom is 0.263 e. The molecular weight excluding hydrogens is 413 g/mol. The molecule has 0 saturated carbocycles. The number of halogens is 1. The van der Waals surface area contributed by atoms with Gasteiger partial charge in [-0.15, -0.1) is 0 Å². The minimum Gasteiger partial charge on any atom is -0.345 e. The molecule has 162 valence electrons. The van der Waals surface area contributed by atoms with E-state index in [9.17, 15) is 18.8 Å². The molecule has 9 heteroatoms. The van der Waals surface area contributed by atoms with E-state index in [1.54, 1.807) is 6.92 Å². The van der Waals surface area contributed by atoms with Gasteiger partial charge in [0, 0.05) is 11.9 Å². The molecule has 0 saturated heterocycles. The molecule has 1 atom stereocenters. The molecule has 2 heterocycles. The van der Waals surface area contributed by atoms with Crippen molar-refractivity contribution < 1.29 is 14.0 Å². The Bertz CT molecular complexity index is 1310. The van der Waals surface area contributed by atoms with Crippen molar-refractivity contribution in [1.82, 2.24) is 19.9 Å². The Morgan fingerprint density at radius 2 is 1.84 bits per heavy atom. The first-order chi connectivity index (χ1) is 15.4. The van der Waals surface area contributed by atoms with E-state index in [4.69, 9.17) is 0 Å². The van der Waals surface area contributed by atoms with Crippen LogP contribution in [0.3, 0.4) is 0 Å². The average molecular weight is 433 g/mol. The second-order valence-corrected chi connectivity index (χ2v) is 7.24. The smallest absolute Gasteiger partial charge is 0.263 e. The molecule has 2 aromatic carbocycles. The number of rotatable bonds is 6. The number of para-hydroxylation sites is 2. The number of hydrogen-bond acceptors (Lipinski definition) is 4. The van der Waals surface area contributed by atoms with Crippen LogP contribution in [0.5, 0.6) is 0 Å². The molecule has 0 bridgehead atoms. The Morgan fingerprint density at radius 3 is 2.59 bits per heavy atom. The molecule has 3 N–H and O–H groups in total. The maximum atomic E-state index is 13.0. The molecule has 0 radical (unpaired) electrons. The van der Waals surface area contributed by atoms with Gasteiger partial charge >= 0.3 is 0 Å². The van der Waals surface area contributed by atoms with Crippen molar-refractivity contribution in [3.8, 4) is 0 Å². The van der Waals surface area contributed by atoms with E-state index in [0.717, 1.165) is 15.6 Å². The average Bonchev–Trinajstić information content (AvgIpc) is 3.21. The number of imidazole rings is 1. The number of carbonyl (C=O) groups is 2. The van der Waals surface area contributed by atoms with Gasteiger partial charge in [0.25, 0.3) is 11.5 Å². The fourth-order valence-electron chi connectivity index (χ4n) is 3.25. The number of H-pyrrole nitrogens is 1. The van der Waals surface area contributed by atoms with E-state index in [2.05, 4.69) is 20.6 Å². The molecule has 32 heavy (non-hydrogen) atoms. The molecular formula is C23H20FN5O3. The first kappa shape index (κ1) is 21.0. The number of aromatic nitrogens is 3. The van der Waals surface area contributed by atoms with Gasteiger partial charge in [0.1, 0.15) is 23.7 Å². The van der Waals surface area contributed by atoms with Gasteiger partial charge in [-0.1, -0.05) is 12.1 Å². The second kappa shape index (κ2) is 8.84. The number of nitrogens with one attached hydrogen (secondary N) is 3. The number of carbonyl (C=O) groups excluding carboxylic acids is 2. The van der Waals surface area contributed by atoms with Crippen LogP contribution in [0.1, 0.15) is 29.1 Å². The Labute approximate surface area is 182 Å². The number of hydrogen-bond donors (Lipinski definition) is 3. The molecule has 0 aliphatic carbocycles. The lowest BCUT2D eigenvalue weighted by Gasteiger charge is -2.13. The highest BCUT2D eigenvalue weighted by Gasteiger charge is 2.17. The van der Waals surface area contributed by atoms with Crippen molar-refractivity contribution in [3.05, 3.63) is 94.4 Å². The highest BCUT2D eigenvalue weighted by atomic mass is 19.1. The zero-order valence-corrected chi connectivity index (χ0v) is 17.1. The van der Waals surface area contributed by atoms with E-state index in [1.165, 1.54) is 42.6 Å². The summed E-state index contributed by atoms with van der Waals surface area (Å²) >= 11 is 0. The quantitative estimate of drug-likeness (QED) is 0.434. The molecule has 0 aliphatic heterocycles. The van der Waals surface area contributed by atoms with Gasteiger partial charge in [-0.2, -0.15) is 0 Å². The number of benzene rings is 2. The fourth-order valence-corrected chi connectivity index (χ4v) is 3.25. The van der Waals surface area contributed by atoms with Crippen LogP contribution in [0.4, 0.5) is 10.1 Å². The van der Waals surface area contributed by atoms with E-state index in [1.807, 2.05) is 24.3 Å². The minimum atomic E-state index is -0.646. The van der Waals surface area contributed by atoms with Gasteiger partial charge in [0.2, 0.25) is 5.91 Å². The zero-order valence-electron chi connectivity index (χ0n) is 17.1. The van der Waals surface area contributed by atoms with E-state index in [-0.39, 0.29) is 12.1 Å². The number of amides is 2. The SMILES string of the molecule is C[C@@H](NC(=O)Cn1cccc(C(=O)Nc2ccc(F)cc2)c1=O)c1nc2ccccc2[nH]1. The van der Waals surface area contributed by atoms with Crippen LogP contribution in [0, 0.1) is 5.82 Å². The highest BCUT2D eigenvalue weighted by molar-refractivity contribution is 6.04. The monoisotopic (exact) mass is 433 g/mol. The summed E-state index contributed by atoms with van der Waals surface area (Å²) in [6.07, 6.45) is 1.43. The first-order valence-electron chi connectivity index (χ1n) is 9.91.